The highest BCUT2D eigenvalue weighted by atomic mass is 16.7. The Labute approximate surface area is 506 Å². The van der Waals surface area contributed by atoms with E-state index in [1.165, 1.54) is 0 Å². The summed E-state index contributed by atoms with van der Waals surface area (Å²) < 4.78 is 22.8. The Morgan fingerprint density at radius 3 is 0.952 bits per heavy atom. The first kappa shape index (κ1) is 77.1. The largest absolute Gasteiger partial charge is 0.477 e. The molecule has 0 aliphatic heterocycles. The maximum absolute atomic E-state index is 12.9. The van der Waals surface area contributed by atoms with Crippen molar-refractivity contribution in [3.63, 3.8) is 0 Å². The molecule has 1 N–H and O–H groups in total. The number of unbranched alkanes of at least 4 members (excludes halogenated alkanes) is 8. The van der Waals surface area contributed by atoms with Gasteiger partial charge in [0, 0.05) is 12.8 Å². The van der Waals surface area contributed by atoms with Gasteiger partial charge in [-0.1, -0.05) is 234 Å². The summed E-state index contributed by atoms with van der Waals surface area (Å²) in [5.74, 6) is -2.10. The van der Waals surface area contributed by atoms with Crippen molar-refractivity contribution in [3.8, 4) is 0 Å². The Balaban J connectivity index is 4.40. The van der Waals surface area contributed by atoms with Crippen molar-refractivity contribution in [2.45, 2.75) is 206 Å². The van der Waals surface area contributed by atoms with Gasteiger partial charge in [0.15, 0.2) is 6.10 Å². The molecule has 0 radical (unpaired) electrons. The minimum Gasteiger partial charge on any atom is -0.477 e. The van der Waals surface area contributed by atoms with Crippen LogP contribution < -0.4 is 0 Å². The van der Waals surface area contributed by atoms with Gasteiger partial charge in [0.25, 0.3) is 6.29 Å². The third-order valence-electron chi connectivity index (χ3n) is 12.3. The van der Waals surface area contributed by atoms with E-state index < -0.39 is 24.3 Å². The molecule has 0 aliphatic rings. The Morgan fingerprint density at radius 1 is 0.361 bits per heavy atom. The number of carboxylic acid groups (broad SMARTS) is 1. The molecule has 0 aliphatic carbocycles. The summed E-state index contributed by atoms with van der Waals surface area (Å²) in [5, 5.41) is 9.73. The third kappa shape index (κ3) is 63.6. The molecule has 2 unspecified atom stereocenters. The van der Waals surface area contributed by atoms with Crippen molar-refractivity contribution >= 4 is 17.9 Å². The highest BCUT2D eigenvalue weighted by Crippen LogP contribution is 2.12. The second-order valence-corrected chi connectivity index (χ2v) is 21.2. The number of carboxylic acids is 1. The highest BCUT2D eigenvalue weighted by molar-refractivity contribution is 5.71. The van der Waals surface area contributed by atoms with Crippen molar-refractivity contribution in [2.75, 3.05) is 47.5 Å². The van der Waals surface area contributed by atoms with E-state index >= 15 is 0 Å². The van der Waals surface area contributed by atoms with E-state index in [1.807, 2.05) is 21.1 Å². The lowest BCUT2D eigenvalue weighted by atomic mass is 10.1. The number of hydrogen-bond donors (Lipinski definition) is 1. The zero-order valence-electron chi connectivity index (χ0n) is 52.5. The average Bonchev–Trinajstić information content (AvgIpc) is 3.47. The van der Waals surface area contributed by atoms with Gasteiger partial charge in [0.1, 0.15) is 13.2 Å². The zero-order chi connectivity index (χ0) is 60.5. The molecule has 0 amide bonds. The summed E-state index contributed by atoms with van der Waals surface area (Å²) in [4.78, 5) is 37.5. The number of ether oxygens (including phenoxy) is 4. The van der Waals surface area contributed by atoms with Crippen LogP contribution in [0.3, 0.4) is 0 Å². The van der Waals surface area contributed by atoms with E-state index in [0.29, 0.717) is 23.9 Å². The Hall–Kier alpha value is -5.87. The van der Waals surface area contributed by atoms with Gasteiger partial charge in [-0.3, -0.25) is 9.59 Å². The lowest BCUT2D eigenvalue weighted by Gasteiger charge is -2.25. The van der Waals surface area contributed by atoms with Crippen molar-refractivity contribution in [1.82, 2.24) is 0 Å². The number of likely N-dealkylation sites (N-methyl/N-ethyl adjacent to an activating group) is 1. The molecular formula is C74H114NO8+. The first-order chi connectivity index (χ1) is 40.6. The number of allylic oxidation sites excluding steroid dienone is 32. The molecule has 83 heavy (non-hydrogen) atoms. The maximum atomic E-state index is 12.9. The topological polar surface area (TPSA) is 108 Å². The average molecular weight is 1150 g/mol. The Morgan fingerprint density at radius 2 is 0.651 bits per heavy atom. The van der Waals surface area contributed by atoms with Gasteiger partial charge in [0.05, 0.1) is 34.4 Å². The molecule has 462 valence electrons. The quantitative estimate of drug-likeness (QED) is 0.0211. The van der Waals surface area contributed by atoms with Crippen LogP contribution in [0.1, 0.15) is 194 Å². The van der Waals surface area contributed by atoms with Crippen LogP contribution in [0, 0.1) is 0 Å². The van der Waals surface area contributed by atoms with E-state index in [1.54, 1.807) is 0 Å². The molecule has 9 nitrogen and oxygen atoms in total. The second-order valence-electron chi connectivity index (χ2n) is 21.2. The van der Waals surface area contributed by atoms with E-state index in [9.17, 15) is 19.5 Å². The van der Waals surface area contributed by atoms with Gasteiger partial charge in [-0.15, -0.1) is 0 Å². The van der Waals surface area contributed by atoms with Crippen LogP contribution >= 0.6 is 0 Å². The fourth-order valence-electron chi connectivity index (χ4n) is 7.57. The van der Waals surface area contributed by atoms with Gasteiger partial charge in [-0.25, -0.2) is 4.79 Å². The SMILES string of the molecule is CC/C=C\C/C=C\C/C=C\C/C=C\C/C=C\C/C=C\C/C=C\C/C=C\CCCCCCC(=O)OCC(COC(OCC[N+](C)(C)C)C(=O)O)OC(=O)CCCCCC/C=C\C/C=C\C/C=C\C/C=C\C/C=C\C/C=C\C/C=C\C/C=C\CC. The van der Waals surface area contributed by atoms with Gasteiger partial charge < -0.3 is 28.5 Å². The van der Waals surface area contributed by atoms with Gasteiger partial charge in [-0.2, -0.15) is 0 Å². The molecule has 2 atom stereocenters. The molecule has 0 saturated carbocycles. The maximum Gasteiger partial charge on any atom is 0.361 e. The minimum absolute atomic E-state index is 0.165. The Bertz CT molecular complexity index is 2060. The molecule has 0 saturated heterocycles. The number of quaternary nitrogens is 1. The molecule has 0 aromatic carbocycles. The number of aliphatic carboxylic acids is 1. The predicted molar refractivity (Wildman–Crippen MR) is 354 cm³/mol. The number of hydrogen-bond acceptors (Lipinski definition) is 7. The first-order valence-electron chi connectivity index (χ1n) is 31.6. The van der Waals surface area contributed by atoms with Crippen molar-refractivity contribution in [1.29, 1.82) is 0 Å². The lowest BCUT2D eigenvalue weighted by Crippen LogP contribution is -2.40. The smallest absolute Gasteiger partial charge is 0.361 e. The number of rotatable bonds is 55. The summed E-state index contributed by atoms with van der Waals surface area (Å²) in [6.07, 6.45) is 93.7. The minimum atomic E-state index is -1.54. The van der Waals surface area contributed by atoms with Crippen LogP contribution in [0.5, 0.6) is 0 Å². The summed E-state index contributed by atoms with van der Waals surface area (Å²) in [5.41, 5.74) is 0. The van der Waals surface area contributed by atoms with Crippen LogP contribution in [0.15, 0.2) is 194 Å². The van der Waals surface area contributed by atoms with E-state index in [0.717, 1.165) is 154 Å². The predicted octanol–water partition coefficient (Wildman–Crippen LogP) is 19.5. The van der Waals surface area contributed by atoms with Crippen molar-refractivity contribution in [2.24, 2.45) is 0 Å². The van der Waals surface area contributed by atoms with Gasteiger partial charge >= 0.3 is 17.9 Å². The molecular weight excluding hydrogens is 1030 g/mol. The van der Waals surface area contributed by atoms with E-state index in [4.69, 9.17) is 18.9 Å². The first-order valence-corrected chi connectivity index (χ1v) is 31.6. The molecule has 0 heterocycles. The van der Waals surface area contributed by atoms with E-state index in [-0.39, 0.29) is 38.6 Å². The Kier molecular flexibility index (Phi) is 57.8. The van der Waals surface area contributed by atoms with Crippen LogP contribution in [0.25, 0.3) is 0 Å². The molecule has 9 heteroatoms. The molecule has 0 spiro atoms. The van der Waals surface area contributed by atoms with Crippen LogP contribution in [-0.2, 0) is 33.3 Å². The number of nitrogens with zero attached hydrogens (tertiary/aromatic N) is 1. The fourth-order valence-corrected chi connectivity index (χ4v) is 7.57. The summed E-state index contributed by atoms with van der Waals surface area (Å²) in [6, 6.07) is 0. The van der Waals surface area contributed by atoms with Crippen LogP contribution in [-0.4, -0.2) is 87.4 Å². The summed E-state index contributed by atoms with van der Waals surface area (Å²) in [6.45, 7) is 4.55. The van der Waals surface area contributed by atoms with Crippen molar-refractivity contribution in [3.05, 3.63) is 194 Å². The van der Waals surface area contributed by atoms with Crippen LogP contribution in [0.2, 0.25) is 0 Å². The second kappa shape index (κ2) is 62.2. The fraction of sp³-hybridized carbons (Fsp3) is 0.527. The number of carbonyl (C=O) groups excluding carboxylic acids is 2. The lowest BCUT2D eigenvalue weighted by molar-refractivity contribution is -0.870. The molecule has 0 aromatic rings. The molecule has 0 aromatic heterocycles. The monoisotopic (exact) mass is 1140 g/mol. The molecule has 0 fully saturated rings. The summed E-state index contributed by atoms with van der Waals surface area (Å²) >= 11 is 0. The molecule has 0 rings (SSSR count). The zero-order valence-corrected chi connectivity index (χ0v) is 52.5. The highest BCUT2D eigenvalue weighted by Gasteiger charge is 2.25. The standard InChI is InChI=1S/C74H113NO8/c1-6-8-10-12-14-16-18-20-22-24-26-28-30-32-34-36-38-40-42-44-46-48-50-52-54-56-58-60-62-64-71(76)81-68-70(69-82-74(73(78)79)80-67-66-75(3,4)5)83-72(77)65-63-61-59-57-55-53-51-49-47-45-43-41-39-37-35-33-31-29-27-25-23-21-19-17-15-13-11-9-7-2/h8-11,14-17,20-23,26-29,32-35,38-41,44-47,50-53,70,74H,6-7,12-13,18-19,24-25,30-31,36-37,42-43,48-49,54-69H2,1-5H3/p+1/b10-8-,11-9-,16-14-,17-15-,22-20-,23-21-,28-26-,29-27-,34-32-,35-33-,40-38-,41-39-,46-44-,47-45-,52-50-,53-51-. The number of carbonyl (C=O) groups is 3. The van der Waals surface area contributed by atoms with E-state index in [2.05, 4.69) is 208 Å². The van der Waals surface area contributed by atoms with Gasteiger partial charge in [0.2, 0.25) is 0 Å². The normalized spacial score (nSPS) is 14.1. The third-order valence-corrected chi connectivity index (χ3v) is 12.3. The molecule has 0 bridgehead atoms. The van der Waals surface area contributed by atoms with Gasteiger partial charge in [-0.05, 0) is 141 Å². The van der Waals surface area contributed by atoms with Crippen LogP contribution in [0.4, 0.5) is 0 Å². The number of esters is 2. The van der Waals surface area contributed by atoms with Crippen molar-refractivity contribution < 1.29 is 42.9 Å². The summed E-state index contributed by atoms with van der Waals surface area (Å²) in [7, 11) is 5.93.